The maximum atomic E-state index is 11.7. The lowest BCUT2D eigenvalue weighted by Gasteiger charge is -2.13. The molecule has 1 aromatic rings. The van der Waals surface area contributed by atoms with Crippen LogP contribution in [0.2, 0.25) is 0 Å². The number of amides is 1. The van der Waals surface area contributed by atoms with Gasteiger partial charge < -0.3 is 9.84 Å². The molecule has 1 amide bonds. The number of nitrogens with one attached hydrogen (secondary N) is 1. The van der Waals surface area contributed by atoms with E-state index in [1.807, 2.05) is 6.92 Å². The summed E-state index contributed by atoms with van der Waals surface area (Å²) in [5, 5.41) is 6.58. The normalized spacial score (nSPS) is 12.8. The minimum atomic E-state index is -0.183. The Balaban J connectivity index is 2.39. The summed E-state index contributed by atoms with van der Waals surface area (Å²) in [6, 6.07) is 1.81. The van der Waals surface area contributed by atoms with Gasteiger partial charge in [-0.25, -0.2) is 0 Å². The Morgan fingerprint density at radius 1 is 1.44 bits per heavy atom. The molecule has 1 heterocycles. The van der Waals surface area contributed by atoms with E-state index in [-0.39, 0.29) is 17.7 Å². The largest absolute Gasteiger partial charge is 0.351 e. The molecule has 0 saturated carbocycles. The van der Waals surface area contributed by atoms with Crippen LogP contribution in [-0.2, 0) is 0 Å². The second kappa shape index (κ2) is 5.68. The average molecular weight is 224 g/mol. The minimum Gasteiger partial charge on any atom is -0.351 e. The van der Waals surface area contributed by atoms with Crippen LogP contribution >= 0.6 is 0 Å². The molecule has 0 radical (unpaired) electrons. The van der Waals surface area contributed by atoms with Gasteiger partial charge in [0.25, 0.3) is 5.91 Å². The topological polar surface area (TPSA) is 55.1 Å². The summed E-state index contributed by atoms with van der Waals surface area (Å²) in [6.45, 7) is 8.15. The highest BCUT2D eigenvalue weighted by atomic mass is 16.5. The molecule has 1 atom stereocenters. The van der Waals surface area contributed by atoms with Gasteiger partial charge in [0.2, 0.25) is 5.76 Å². The molecule has 0 aliphatic rings. The van der Waals surface area contributed by atoms with E-state index < -0.39 is 0 Å². The van der Waals surface area contributed by atoms with Crippen LogP contribution in [0.15, 0.2) is 10.6 Å². The molecule has 0 spiro atoms. The van der Waals surface area contributed by atoms with Crippen molar-refractivity contribution in [3.8, 4) is 0 Å². The predicted molar refractivity (Wildman–Crippen MR) is 62.2 cm³/mol. The van der Waals surface area contributed by atoms with E-state index in [4.69, 9.17) is 4.52 Å². The first-order chi connectivity index (χ1) is 7.49. The van der Waals surface area contributed by atoms with Gasteiger partial charge in [0, 0.05) is 12.1 Å². The summed E-state index contributed by atoms with van der Waals surface area (Å²) in [5.41, 5.74) is 0.722. The SMILES string of the molecule is Cc1cc(C(=O)NC(C)CCC(C)C)on1. The van der Waals surface area contributed by atoms with Gasteiger partial charge in [-0.1, -0.05) is 19.0 Å². The molecular formula is C12H20N2O2. The van der Waals surface area contributed by atoms with Crippen LogP contribution in [0.5, 0.6) is 0 Å². The minimum absolute atomic E-state index is 0.167. The molecule has 4 heteroatoms. The Hall–Kier alpha value is -1.32. The van der Waals surface area contributed by atoms with Crippen LogP contribution in [0, 0.1) is 12.8 Å². The quantitative estimate of drug-likeness (QED) is 0.836. The zero-order chi connectivity index (χ0) is 12.1. The lowest BCUT2D eigenvalue weighted by atomic mass is 10.0. The first-order valence-electron chi connectivity index (χ1n) is 5.73. The fraction of sp³-hybridized carbons (Fsp3) is 0.667. The van der Waals surface area contributed by atoms with E-state index >= 15 is 0 Å². The lowest BCUT2D eigenvalue weighted by molar-refractivity contribution is 0.0900. The Morgan fingerprint density at radius 2 is 2.12 bits per heavy atom. The number of hydrogen-bond acceptors (Lipinski definition) is 3. The van der Waals surface area contributed by atoms with Gasteiger partial charge in [-0.2, -0.15) is 0 Å². The highest BCUT2D eigenvalue weighted by molar-refractivity contribution is 5.91. The third kappa shape index (κ3) is 4.04. The van der Waals surface area contributed by atoms with Crippen molar-refractivity contribution in [1.82, 2.24) is 10.5 Å². The number of hydrogen-bond donors (Lipinski definition) is 1. The van der Waals surface area contributed by atoms with E-state index in [1.54, 1.807) is 13.0 Å². The second-order valence-corrected chi connectivity index (χ2v) is 4.68. The first kappa shape index (κ1) is 12.7. The Morgan fingerprint density at radius 3 is 2.62 bits per heavy atom. The fourth-order valence-electron chi connectivity index (χ4n) is 1.42. The zero-order valence-corrected chi connectivity index (χ0v) is 10.4. The zero-order valence-electron chi connectivity index (χ0n) is 10.4. The molecule has 0 bridgehead atoms. The molecule has 0 saturated heterocycles. The summed E-state index contributed by atoms with van der Waals surface area (Å²) in [7, 11) is 0. The molecule has 16 heavy (non-hydrogen) atoms. The van der Waals surface area contributed by atoms with Gasteiger partial charge in [-0.15, -0.1) is 0 Å². The van der Waals surface area contributed by atoms with E-state index in [9.17, 15) is 4.79 Å². The van der Waals surface area contributed by atoms with Gasteiger partial charge in [0.15, 0.2) is 0 Å². The van der Waals surface area contributed by atoms with Gasteiger partial charge in [-0.3, -0.25) is 4.79 Å². The van der Waals surface area contributed by atoms with E-state index in [0.29, 0.717) is 5.92 Å². The molecule has 0 aromatic carbocycles. The molecule has 90 valence electrons. The lowest BCUT2D eigenvalue weighted by Crippen LogP contribution is -2.32. The van der Waals surface area contributed by atoms with Crippen LogP contribution in [-0.4, -0.2) is 17.1 Å². The van der Waals surface area contributed by atoms with Crippen molar-refractivity contribution in [2.24, 2.45) is 5.92 Å². The smallest absolute Gasteiger partial charge is 0.290 e. The third-order valence-corrected chi connectivity index (χ3v) is 2.41. The van der Waals surface area contributed by atoms with Crippen LogP contribution in [0.4, 0.5) is 0 Å². The van der Waals surface area contributed by atoms with Gasteiger partial charge in [-0.05, 0) is 32.6 Å². The summed E-state index contributed by atoms with van der Waals surface area (Å²) < 4.78 is 4.89. The highest BCUT2D eigenvalue weighted by Gasteiger charge is 2.14. The predicted octanol–water partition coefficient (Wildman–Crippen LogP) is 2.54. The molecule has 0 aliphatic heterocycles. The van der Waals surface area contributed by atoms with Crippen molar-refractivity contribution in [2.45, 2.75) is 46.6 Å². The molecule has 1 unspecified atom stereocenters. The van der Waals surface area contributed by atoms with Crippen LogP contribution in [0.3, 0.4) is 0 Å². The Labute approximate surface area is 96.4 Å². The summed E-state index contributed by atoms with van der Waals surface area (Å²) in [4.78, 5) is 11.7. The molecule has 0 fully saturated rings. The van der Waals surface area contributed by atoms with Crippen LogP contribution < -0.4 is 5.32 Å². The number of aryl methyl sites for hydroxylation is 1. The first-order valence-corrected chi connectivity index (χ1v) is 5.73. The summed E-state index contributed by atoms with van der Waals surface area (Å²) in [5.74, 6) is 0.762. The maximum absolute atomic E-state index is 11.7. The molecular weight excluding hydrogens is 204 g/mol. The molecule has 1 rings (SSSR count). The molecule has 1 aromatic heterocycles. The third-order valence-electron chi connectivity index (χ3n) is 2.41. The van der Waals surface area contributed by atoms with Crippen LogP contribution in [0.25, 0.3) is 0 Å². The van der Waals surface area contributed by atoms with Crippen molar-refractivity contribution in [3.05, 3.63) is 17.5 Å². The molecule has 0 aliphatic carbocycles. The Bertz CT molecular complexity index is 345. The van der Waals surface area contributed by atoms with Crippen molar-refractivity contribution >= 4 is 5.91 Å². The standard InChI is InChI=1S/C12H20N2O2/c1-8(2)5-6-9(3)13-12(15)11-7-10(4)14-16-11/h7-9H,5-6H2,1-4H3,(H,13,15). The van der Waals surface area contributed by atoms with Crippen molar-refractivity contribution in [2.75, 3.05) is 0 Å². The number of aromatic nitrogens is 1. The van der Waals surface area contributed by atoms with Gasteiger partial charge in [0.1, 0.15) is 0 Å². The number of carbonyl (C=O) groups is 1. The van der Waals surface area contributed by atoms with Gasteiger partial charge in [0.05, 0.1) is 5.69 Å². The Kier molecular flexibility index (Phi) is 4.52. The van der Waals surface area contributed by atoms with E-state index in [2.05, 4.69) is 24.3 Å². The maximum Gasteiger partial charge on any atom is 0.290 e. The molecule has 1 N–H and O–H groups in total. The summed E-state index contributed by atoms with van der Waals surface area (Å²) >= 11 is 0. The van der Waals surface area contributed by atoms with E-state index in [1.165, 1.54) is 0 Å². The summed E-state index contributed by atoms with van der Waals surface area (Å²) in [6.07, 6.45) is 2.09. The number of nitrogens with zero attached hydrogens (tertiary/aromatic N) is 1. The van der Waals surface area contributed by atoms with Crippen molar-refractivity contribution in [3.63, 3.8) is 0 Å². The average Bonchev–Trinajstić information content (AvgIpc) is 2.62. The fourth-order valence-corrected chi connectivity index (χ4v) is 1.42. The molecule has 4 nitrogen and oxygen atoms in total. The monoisotopic (exact) mass is 224 g/mol. The van der Waals surface area contributed by atoms with Gasteiger partial charge >= 0.3 is 0 Å². The number of rotatable bonds is 5. The van der Waals surface area contributed by atoms with Crippen molar-refractivity contribution < 1.29 is 9.32 Å². The van der Waals surface area contributed by atoms with Crippen LogP contribution in [0.1, 0.15) is 49.9 Å². The number of carbonyl (C=O) groups excluding carboxylic acids is 1. The van der Waals surface area contributed by atoms with E-state index in [0.717, 1.165) is 18.5 Å². The second-order valence-electron chi connectivity index (χ2n) is 4.68. The van der Waals surface area contributed by atoms with Crippen molar-refractivity contribution in [1.29, 1.82) is 0 Å². The highest BCUT2D eigenvalue weighted by Crippen LogP contribution is 2.08.